The summed E-state index contributed by atoms with van der Waals surface area (Å²) in [5.41, 5.74) is 2.46. The Balaban J connectivity index is 1.84. The SMILES string of the molecule is Cc1ccccc1C(=O)c1ccc(Nc2ncc([N+](=O)[O-])s2)cc1Cl. The molecular weight excluding hydrogens is 362 g/mol. The second kappa shape index (κ2) is 7.00. The molecule has 0 unspecified atom stereocenters. The quantitative estimate of drug-likeness (QED) is 0.387. The number of nitro groups is 1. The minimum Gasteiger partial charge on any atom is -0.331 e. The third-order valence-electron chi connectivity index (χ3n) is 3.53. The van der Waals surface area contributed by atoms with Crippen molar-refractivity contribution in [3.05, 3.63) is 80.5 Å². The van der Waals surface area contributed by atoms with Crippen molar-refractivity contribution >= 4 is 44.5 Å². The second-order valence-electron chi connectivity index (χ2n) is 5.22. The molecule has 0 aliphatic heterocycles. The third-order valence-corrected chi connectivity index (χ3v) is 4.71. The lowest BCUT2D eigenvalue weighted by Gasteiger charge is -2.09. The van der Waals surface area contributed by atoms with E-state index in [4.69, 9.17) is 11.6 Å². The highest BCUT2D eigenvalue weighted by Gasteiger charge is 2.16. The smallest absolute Gasteiger partial charge is 0.331 e. The fraction of sp³-hybridized carbons (Fsp3) is 0.0588. The zero-order valence-electron chi connectivity index (χ0n) is 13.0. The van der Waals surface area contributed by atoms with Gasteiger partial charge in [0, 0.05) is 16.8 Å². The Morgan fingerprint density at radius 2 is 2.00 bits per heavy atom. The largest absolute Gasteiger partial charge is 0.345 e. The highest BCUT2D eigenvalue weighted by molar-refractivity contribution is 7.18. The maximum atomic E-state index is 12.6. The van der Waals surface area contributed by atoms with Gasteiger partial charge in [0.1, 0.15) is 6.20 Å². The molecule has 0 bridgehead atoms. The van der Waals surface area contributed by atoms with Crippen LogP contribution < -0.4 is 5.32 Å². The van der Waals surface area contributed by atoms with E-state index in [0.717, 1.165) is 16.9 Å². The van der Waals surface area contributed by atoms with Crippen molar-refractivity contribution in [3.63, 3.8) is 0 Å². The minimum atomic E-state index is -0.500. The molecule has 3 aromatic rings. The molecule has 0 saturated carbocycles. The number of thiazole rings is 1. The van der Waals surface area contributed by atoms with E-state index >= 15 is 0 Å². The van der Waals surface area contributed by atoms with Gasteiger partial charge in [0.2, 0.25) is 0 Å². The average Bonchev–Trinajstić information content (AvgIpc) is 3.04. The molecule has 2 aromatic carbocycles. The fourth-order valence-electron chi connectivity index (χ4n) is 2.28. The van der Waals surface area contributed by atoms with Gasteiger partial charge in [-0.1, -0.05) is 35.9 Å². The van der Waals surface area contributed by atoms with Crippen molar-refractivity contribution in [1.82, 2.24) is 4.98 Å². The number of carbonyl (C=O) groups is 1. The molecule has 0 amide bonds. The molecule has 1 heterocycles. The predicted octanol–water partition coefficient (Wildman–Crippen LogP) is 4.99. The van der Waals surface area contributed by atoms with Crippen molar-refractivity contribution in [3.8, 4) is 0 Å². The molecule has 8 heteroatoms. The van der Waals surface area contributed by atoms with E-state index in [2.05, 4.69) is 10.3 Å². The standard InChI is InChI=1S/C17H12ClN3O3S/c1-10-4-2-3-5-12(10)16(22)13-7-6-11(8-14(13)18)20-17-19-9-15(25-17)21(23)24/h2-9H,1H3,(H,19,20). The topological polar surface area (TPSA) is 85.1 Å². The third kappa shape index (κ3) is 3.67. The highest BCUT2D eigenvalue weighted by Crippen LogP contribution is 2.30. The summed E-state index contributed by atoms with van der Waals surface area (Å²) in [4.78, 5) is 26.8. The van der Waals surface area contributed by atoms with E-state index in [1.807, 2.05) is 19.1 Å². The number of aryl methyl sites for hydroxylation is 1. The van der Waals surface area contributed by atoms with Gasteiger partial charge in [0.05, 0.1) is 9.95 Å². The van der Waals surface area contributed by atoms with Gasteiger partial charge in [-0.3, -0.25) is 14.9 Å². The Labute approximate surface area is 152 Å². The van der Waals surface area contributed by atoms with Crippen molar-refractivity contribution in [2.75, 3.05) is 5.32 Å². The molecule has 3 rings (SSSR count). The zero-order chi connectivity index (χ0) is 18.0. The molecule has 0 aliphatic carbocycles. The molecule has 0 aliphatic rings. The number of aromatic nitrogens is 1. The molecule has 0 radical (unpaired) electrons. The summed E-state index contributed by atoms with van der Waals surface area (Å²) in [6, 6.07) is 12.2. The number of nitrogens with one attached hydrogen (secondary N) is 1. The van der Waals surface area contributed by atoms with Crippen molar-refractivity contribution in [2.24, 2.45) is 0 Å². The number of ketones is 1. The van der Waals surface area contributed by atoms with Gasteiger partial charge < -0.3 is 5.32 Å². The molecule has 1 N–H and O–H groups in total. The van der Waals surface area contributed by atoms with Crippen LogP contribution in [0.15, 0.2) is 48.7 Å². The normalized spacial score (nSPS) is 10.5. The Morgan fingerprint density at radius 3 is 2.64 bits per heavy atom. The van der Waals surface area contributed by atoms with Gasteiger partial charge in [0.25, 0.3) is 0 Å². The molecule has 126 valence electrons. The molecule has 0 spiro atoms. The van der Waals surface area contributed by atoms with E-state index in [1.165, 1.54) is 6.20 Å². The monoisotopic (exact) mass is 373 g/mol. The minimum absolute atomic E-state index is 0.0556. The van der Waals surface area contributed by atoms with Gasteiger partial charge in [-0.05, 0) is 42.0 Å². The first-order valence-electron chi connectivity index (χ1n) is 7.23. The Kier molecular flexibility index (Phi) is 4.78. The summed E-state index contributed by atoms with van der Waals surface area (Å²) < 4.78 is 0. The van der Waals surface area contributed by atoms with Crippen LogP contribution >= 0.6 is 22.9 Å². The molecule has 0 atom stereocenters. The molecule has 25 heavy (non-hydrogen) atoms. The van der Waals surface area contributed by atoms with Crippen LogP contribution in [0.3, 0.4) is 0 Å². The molecule has 1 aromatic heterocycles. The number of halogens is 1. The van der Waals surface area contributed by atoms with Crippen LogP contribution in [-0.2, 0) is 0 Å². The predicted molar refractivity (Wildman–Crippen MR) is 98.1 cm³/mol. The number of rotatable bonds is 5. The maximum absolute atomic E-state index is 12.6. The molecule has 0 fully saturated rings. The first kappa shape index (κ1) is 17.1. The van der Waals surface area contributed by atoms with E-state index in [1.54, 1.807) is 30.3 Å². The summed E-state index contributed by atoms with van der Waals surface area (Å²) in [5, 5.41) is 14.3. The molecule has 6 nitrogen and oxygen atoms in total. The lowest BCUT2D eigenvalue weighted by atomic mass is 9.99. The van der Waals surface area contributed by atoms with Crippen molar-refractivity contribution < 1.29 is 9.72 Å². The summed E-state index contributed by atoms with van der Waals surface area (Å²) in [5.74, 6) is -0.153. The maximum Gasteiger partial charge on any atom is 0.345 e. The van der Waals surface area contributed by atoms with Crippen LogP contribution in [0, 0.1) is 17.0 Å². The van der Waals surface area contributed by atoms with Gasteiger partial charge in [-0.25, -0.2) is 4.98 Å². The number of hydrogen-bond acceptors (Lipinski definition) is 6. The van der Waals surface area contributed by atoms with E-state index in [0.29, 0.717) is 27.0 Å². The molecule has 0 saturated heterocycles. The fourth-order valence-corrected chi connectivity index (χ4v) is 3.20. The number of carbonyl (C=O) groups excluding carboxylic acids is 1. The van der Waals surface area contributed by atoms with Gasteiger partial charge in [-0.2, -0.15) is 0 Å². The van der Waals surface area contributed by atoms with Crippen molar-refractivity contribution in [1.29, 1.82) is 0 Å². The Hall–Kier alpha value is -2.77. The van der Waals surface area contributed by atoms with Gasteiger partial charge >= 0.3 is 5.00 Å². The van der Waals surface area contributed by atoms with Crippen LogP contribution in [0.5, 0.6) is 0 Å². The lowest BCUT2D eigenvalue weighted by Crippen LogP contribution is -2.04. The number of anilines is 2. The summed E-state index contributed by atoms with van der Waals surface area (Å²) >= 11 is 7.18. The van der Waals surface area contributed by atoms with Gasteiger partial charge in [-0.15, -0.1) is 0 Å². The average molecular weight is 374 g/mol. The lowest BCUT2D eigenvalue weighted by molar-refractivity contribution is -0.380. The van der Waals surface area contributed by atoms with Crippen LogP contribution in [0.2, 0.25) is 5.02 Å². The zero-order valence-corrected chi connectivity index (χ0v) is 14.6. The van der Waals surface area contributed by atoms with Crippen LogP contribution in [0.4, 0.5) is 15.8 Å². The number of hydrogen-bond donors (Lipinski definition) is 1. The Morgan fingerprint density at radius 1 is 1.24 bits per heavy atom. The number of nitrogens with zero attached hydrogens (tertiary/aromatic N) is 2. The summed E-state index contributed by atoms with van der Waals surface area (Å²) in [7, 11) is 0. The van der Waals surface area contributed by atoms with E-state index < -0.39 is 4.92 Å². The second-order valence-corrected chi connectivity index (χ2v) is 6.64. The highest BCUT2D eigenvalue weighted by atomic mass is 35.5. The molecular formula is C17H12ClN3O3S. The van der Waals surface area contributed by atoms with Crippen molar-refractivity contribution in [2.45, 2.75) is 6.92 Å². The van der Waals surface area contributed by atoms with Crippen LogP contribution in [0.1, 0.15) is 21.5 Å². The first-order valence-corrected chi connectivity index (χ1v) is 8.42. The van der Waals surface area contributed by atoms with Crippen LogP contribution in [0.25, 0.3) is 0 Å². The first-order chi connectivity index (χ1) is 12.0. The van der Waals surface area contributed by atoms with E-state index in [-0.39, 0.29) is 10.8 Å². The summed E-state index contributed by atoms with van der Waals surface area (Å²) in [6.07, 6.45) is 1.19. The Bertz CT molecular complexity index is 971. The summed E-state index contributed by atoms with van der Waals surface area (Å²) in [6.45, 7) is 1.87. The van der Waals surface area contributed by atoms with Crippen LogP contribution in [-0.4, -0.2) is 15.7 Å². The van der Waals surface area contributed by atoms with E-state index in [9.17, 15) is 14.9 Å². The van der Waals surface area contributed by atoms with Gasteiger partial charge in [0.15, 0.2) is 10.9 Å². The number of benzene rings is 2.